The molecule has 0 aliphatic heterocycles. The van der Waals surface area contributed by atoms with Gasteiger partial charge in [-0.05, 0) is 19.1 Å². The summed E-state index contributed by atoms with van der Waals surface area (Å²) in [4.78, 5) is 11.5. The number of rotatable bonds is 2. The molecular formula is C11H11NO3. The van der Waals surface area contributed by atoms with E-state index in [1.54, 1.807) is 12.1 Å². The second-order valence-corrected chi connectivity index (χ2v) is 3.30. The number of hydrogen-bond acceptors (Lipinski definition) is 3. The van der Waals surface area contributed by atoms with Crippen LogP contribution >= 0.6 is 0 Å². The molecule has 1 atom stereocenters. The predicted octanol–water partition coefficient (Wildman–Crippen LogP) is 1.50. The Morgan fingerprint density at radius 2 is 2.20 bits per heavy atom. The van der Waals surface area contributed by atoms with E-state index in [-0.39, 0.29) is 5.76 Å². The fourth-order valence-corrected chi connectivity index (χ4v) is 1.35. The van der Waals surface area contributed by atoms with E-state index in [9.17, 15) is 4.79 Å². The first-order valence-electron chi connectivity index (χ1n) is 4.64. The van der Waals surface area contributed by atoms with Gasteiger partial charge in [0.2, 0.25) is 0 Å². The van der Waals surface area contributed by atoms with E-state index in [2.05, 4.69) is 5.32 Å². The fraction of sp³-hybridized carbons (Fsp3) is 0.182. The Morgan fingerprint density at radius 1 is 1.47 bits per heavy atom. The fourth-order valence-electron chi connectivity index (χ4n) is 1.35. The second-order valence-electron chi connectivity index (χ2n) is 3.30. The summed E-state index contributed by atoms with van der Waals surface area (Å²) in [5.74, 6) is -0.210. The van der Waals surface area contributed by atoms with Gasteiger partial charge in [0.1, 0.15) is 11.8 Å². The first-order chi connectivity index (χ1) is 7.16. The van der Waals surface area contributed by atoms with Gasteiger partial charge in [0.25, 0.3) is 5.91 Å². The molecule has 2 aromatic rings. The minimum atomic E-state index is -0.884. The zero-order valence-corrected chi connectivity index (χ0v) is 8.23. The van der Waals surface area contributed by atoms with Crippen LogP contribution in [0.4, 0.5) is 0 Å². The second kappa shape index (κ2) is 3.74. The third-order valence-electron chi connectivity index (χ3n) is 1.99. The Labute approximate surface area is 86.5 Å². The van der Waals surface area contributed by atoms with Crippen molar-refractivity contribution in [3.8, 4) is 0 Å². The highest BCUT2D eigenvalue weighted by atomic mass is 16.3. The van der Waals surface area contributed by atoms with Gasteiger partial charge in [-0.25, -0.2) is 0 Å². The van der Waals surface area contributed by atoms with Gasteiger partial charge in [-0.3, -0.25) is 4.79 Å². The molecule has 1 heterocycles. The van der Waals surface area contributed by atoms with Gasteiger partial charge in [-0.15, -0.1) is 0 Å². The van der Waals surface area contributed by atoms with Crippen molar-refractivity contribution in [2.75, 3.05) is 0 Å². The monoisotopic (exact) mass is 205 g/mol. The SMILES string of the molecule is CC(O)NC(=O)c1cc2ccccc2o1. The molecule has 1 unspecified atom stereocenters. The highest BCUT2D eigenvalue weighted by molar-refractivity contribution is 5.96. The molecule has 15 heavy (non-hydrogen) atoms. The summed E-state index contributed by atoms with van der Waals surface area (Å²) in [6, 6.07) is 9.00. The molecule has 0 saturated heterocycles. The number of carbonyl (C=O) groups excluding carboxylic acids is 1. The minimum Gasteiger partial charge on any atom is -0.451 e. The Bertz CT molecular complexity index is 454. The van der Waals surface area contributed by atoms with Gasteiger partial charge in [0.05, 0.1) is 0 Å². The molecule has 0 aliphatic rings. The number of para-hydroxylation sites is 1. The summed E-state index contributed by atoms with van der Waals surface area (Å²) in [5.41, 5.74) is 0.660. The lowest BCUT2D eigenvalue weighted by atomic mass is 10.2. The number of hydrogen-bond donors (Lipinski definition) is 2. The average molecular weight is 205 g/mol. The Balaban J connectivity index is 2.32. The van der Waals surface area contributed by atoms with E-state index in [0.717, 1.165) is 5.39 Å². The quantitative estimate of drug-likeness (QED) is 0.730. The van der Waals surface area contributed by atoms with Crippen molar-refractivity contribution in [2.45, 2.75) is 13.2 Å². The Kier molecular flexibility index (Phi) is 2.43. The summed E-state index contributed by atoms with van der Waals surface area (Å²) in [6.45, 7) is 1.47. The van der Waals surface area contributed by atoms with E-state index in [1.165, 1.54) is 6.92 Å². The van der Waals surface area contributed by atoms with E-state index < -0.39 is 12.1 Å². The first-order valence-corrected chi connectivity index (χ1v) is 4.64. The van der Waals surface area contributed by atoms with Gasteiger partial charge >= 0.3 is 0 Å². The van der Waals surface area contributed by atoms with Crippen molar-refractivity contribution in [3.05, 3.63) is 36.1 Å². The summed E-state index contributed by atoms with van der Waals surface area (Å²) >= 11 is 0. The zero-order valence-electron chi connectivity index (χ0n) is 8.23. The van der Waals surface area contributed by atoms with Gasteiger partial charge in [-0.2, -0.15) is 0 Å². The highest BCUT2D eigenvalue weighted by Crippen LogP contribution is 2.18. The minimum absolute atomic E-state index is 0.206. The van der Waals surface area contributed by atoms with Crippen LogP contribution in [0, 0.1) is 0 Å². The van der Waals surface area contributed by atoms with Gasteiger partial charge in [0, 0.05) is 5.39 Å². The molecule has 0 spiro atoms. The summed E-state index contributed by atoms with van der Waals surface area (Å²) in [5, 5.41) is 12.2. The molecule has 0 fully saturated rings. The molecule has 1 amide bonds. The van der Waals surface area contributed by atoms with Crippen molar-refractivity contribution in [3.63, 3.8) is 0 Å². The smallest absolute Gasteiger partial charge is 0.289 e. The highest BCUT2D eigenvalue weighted by Gasteiger charge is 2.12. The van der Waals surface area contributed by atoms with Crippen LogP contribution in [0.5, 0.6) is 0 Å². The van der Waals surface area contributed by atoms with Crippen molar-refractivity contribution in [1.29, 1.82) is 0 Å². The van der Waals surface area contributed by atoms with Crippen LogP contribution in [0.2, 0.25) is 0 Å². The van der Waals surface area contributed by atoms with Crippen molar-refractivity contribution >= 4 is 16.9 Å². The number of aliphatic hydroxyl groups excluding tert-OH is 1. The molecule has 78 valence electrons. The lowest BCUT2D eigenvalue weighted by Gasteiger charge is -2.03. The molecule has 4 heteroatoms. The summed E-state index contributed by atoms with van der Waals surface area (Å²) in [6.07, 6.45) is -0.884. The zero-order chi connectivity index (χ0) is 10.8. The van der Waals surface area contributed by atoms with Crippen molar-refractivity contribution in [1.82, 2.24) is 5.32 Å². The lowest BCUT2D eigenvalue weighted by Crippen LogP contribution is -2.31. The standard InChI is InChI=1S/C11H11NO3/c1-7(13)12-11(14)10-6-8-4-2-3-5-9(8)15-10/h2-7,13H,1H3,(H,12,14). The Morgan fingerprint density at radius 3 is 2.87 bits per heavy atom. The van der Waals surface area contributed by atoms with Crippen molar-refractivity contribution < 1.29 is 14.3 Å². The third-order valence-corrected chi connectivity index (χ3v) is 1.99. The third kappa shape index (κ3) is 1.99. The van der Waals surface area contributed by atoms with E-state index in [0.29, 0.717) is 5.58 Å². The number of benzene rings is 1. The number of nitrogens with one attached hydrogen (secondary N) is 1. The summed E-state index contributed by atoms with van der Waals surface area (Å²) < 4.78 is 5.31. The molecule has 0 radical (unpaired) electrons. The predicted molar refractivity (Wildman–Crippen MR) is 55.4 cm³/mol. The molecule has 0 aliphatic carbocycles. The lowest BCUT2D eigenvalue weighted by molar-refractivity contribution is 0.0793. The molecule has 2 rings (SSSR count). The number of furan rings is 1. The molecule has 0 bridgehead atoms. The molecule has 2 N–H and O–H groups in total. The van der Waals surface area contributed by atoms with Gasteiger partial charge in [0.15, 0.2) is 5.76 Å². The number of aliphatic hydroxyl groups is 1. The molecule has 1 aromatic carbocycles. The molecule has 1 aromatic heterocycles. The van der Waals surface area contributed by atoms with Crippen LogP contribution in [0.3, 0.4) is 0 Å². The van der Waals surface area contributed by atoms with Gasteiger partial charge in [-0.1, -0.05) is 18.2 Å². The maximum absolute atomic E-state index is 11.5. The first kappa shape index (κ1) is 9.73. The normalized spacial score (nSPS) is 12.7. The summed E-state index contributed by atoms with van der Waals surface area (Å²) in [7, 11) is 0. The number of amides is 1. The van der Waals surface area contributed by atoms with Crippen LogP contribution in [0.1, 0.15) is 17.5 Å². The topological polar surface area (TPSA) is 62.5 Å². The maximum Gasteiger partial charge on any atom is 0.289 e. The van der Waals surface area contributed by atoms with Crippen LogP contribution < -0.4 is 5.32 Å². The number of fused-ring (bicyclic) bond motifs is 1. The van der Waals surface area contributed by atoms with Crippen molar-refractivity contribution in [2.24, 2.45) is 0 Å². The largest absolute Gasteiger partial charge is 0.451 e. The molecular weight excluding hydrogens is 194 g/mol. The average Bonchev–Trinajstić information content (AvgIpc) is 2.59. The van der Waals surface area contributed by atoms with Crippen LogP contribution in [0.25, 0.3) is 11.0 Å². The van der Waals surface area contributed by atoms with E-state index in [1.807, 2.05) is 18.2 Å². The molecule has 4 nitrogen and oxygen atoms in total. The van der Waals surface area contributed by atoms with Crippen LogP contribution in [-0.4, -0.2) is 17.2 Å². The van der Waals surface area contributed by atoms with E-state index >= 15 is 0 Å². The Hall–Kier alpha value is -1.81. The van der Waals surface area contributed by atoms with Crippen LogP contribution in [0.15, 0.2) is 34.7 Å². The molecule has 0 saturated carbocycles. The number of carbonyl (C=O) groups is 1. The van der Waals surface area contributed by atoms with Gasteiger partial charge < -0.3 is 14.8 Å². The maximum atomic E-state index is 11.5. The van der Waals surface area contributed by atoms with Crippen LogP contribution in [-0.2, 0) is 0 Å². The van der Waals surface area contributed by atoms with E-state index in [4.69, 9.17) is 9.52 Å².